The van der Waals surface area contributed by atoms with E-state index in [9.17, 15) is 14.7 Å². The van der Waals surface area contributed by atoms with Gasteiger partial charge in [0.05, 0.1) is 16.8 Å². The molecule has 0 atom stereocenters. The lowest BCUT2D eigenvalue weighted by molar-refractivity contribution is 0.481. The van der Waals surface area contributed by atoms with E-state index in [1.54, 1.807) is 42.9 Å². The van der Waals surface area contributed by atoms with Crippen molar-refractivity contribution in [1.29, 1.82) is 0 Å². The molecule has 0 radical (unpaired) electrons. The number of para-hydroxylation sites is 1. The Morgan fingerprint density at radius 1 is 1.27 bits per heavy atom. The van der Waals surface area contributed by atoms with Crippen LogP contribution in [0.1, 0.15) is 5.56 Å². The van der Waals surface area contributed by atoms with Gasteiger partial charge in [-0.3, -0.25) is 19.8 Å². The van der Waals surface area contributed by atoms with Crippen molar-refractivity contribution in [2.24, 2.45) is 12.0 Å². The summed E-state index contributed by atoms with van der Waals surface area (Å²) in [5.41, 5.74) is 0.0390. The molecule has 3 heterocycles. The van der Waals surface area contributed by atoms with E-state index in [2.05, 4.69) is 20.2 Å². The predicted molar refractivity (Wildman–Crippen MR) is 101 cm³/mol. The van der Waals surface area contributed by atoms with Gasteiger partial charge in [0.1, 0.15) is 11.3 Å². The van der Waals surface area contributed by atoms with Crippen LogP contribution in [-0.4, -0.2) is 31.1 Å². The summed E-state index contributed by atoms with van der Waals surface area (Å²) in [5.74, 6) is -0.192. The summed E-state index contributed by atoms with van der Waals surface area (Å²) in [7, 11) is 1.61. The Labute approximate surface area is 150 Å². The van der Waals surface area contributed by atoms with Gasteiger partial charge in [0.2, 0.25) is 5.13 Å². The van der Waals surface area contributed by atoms with E-state index in [1.807, 2.05) is 0 Å². The number of rotatable bonds is 3. The molecule has 1 aromatic carbocycles. The predicted octanol–water partition coefficient (Wildman–Crippen LogP) is 2.13. The SMILES string of the molecule is Cn1c(=O)c(-c2[nH][nH]c(=O)c2C=Nc2nccs2)c(O)c2ccccc21. The zero-order chi connectivity index (χ0) is 18.3. The van der Waals surface area contributed by atoms with Crippen LogP contribution in [-0.2, 0) is 7.05 Å². The number of hydrogen-bond donors (Lipinski definition) is 3. The number of hydrogen-bond acceptors (Lipinski definition) is 6. The van der Waals surface area contributed by atoms with E-state index in [4.69, 9.17) is 0 Å². The van der Waals surface area contributed by atoms with E-state index in [0.29, 0.717) is 16.0 Å². The van der Waals surface area contributed by atoms with Crippen LogP contribution in [0.4, 0.5) is 5.13 Å². The van der Waals surface area contributed by atoms with E-state index < -0.39 is 11.1 Å². The van der Waals surface area contributed by atoms with Gasteiger partial charge in [-0.05, 0) is 12.1 Å². The quantitative estimate of drug-likeness (QED) is 0.481. The lowest BCUT2D eigenvalue weighted by atomic mass is 10.1. The molecule has 0 aliphatic carbocycles. The second-order valence-corrected chi connectivity index (χ2v) is 6.42. The van der Waals surface area contributed by atoms with Gasteiger partial charge in [-0.15, -0.1) is 11.3 Å². The third kappa shape index (κ3) is 2.45. The van der Waals surface area contributed by atoms with Gasteiger partial charge in [0, 0.05) is 30.2 Å². The molecule has 0 aliphatic rings. The van der Waals surface area contributed by atoms with Gasteiger partial charge >= 0.3 is 0 Å². The Bertz CT molecular complexity index is 1250. The van der Waals surface area contributed by atoms with Crippen molar-refractivity contribution in [3.63, 3.8) is 0 Å². The fourth-order valence-electron chi connectivity index (χ4n) is 2.79. The zero-order valence-corrected chi connectivity index (χ0v) is 14.4. The van der Waals surface area contributed by atoms with Gasteiger partial charge in [-0.2, -0.15) is 0 Å². The number of aromatic nitrogens is 4. The third-order valence-electron chi connectivity index (χ3n) is 4.06. The molecule has 26 heavy (non-hydrogen) atoms. The standard InChI is InChI=1S/C17H13N5O3S/c1-22-11-5-3-2-4-9(11)14(23)12(16(22)25)13-10(15(24)21-20-13)8-19-17-18-6-7-26-17/h2-8,23H,1H3,(H2,20,21,24). The Balaban J connectivity index is 1.98. The third-order valence-corrected chi connectivity index (χ3v) is 4.74. The first-order valence-corrected chi connectivity index (χ1v) is 8.51. The number of benzene rings is 1. The van der Waals surface area contributed by atoms with Crippen LogP contribution in [0.25, 0.3) is 22.2 Å². The number of fused-ring (bicyclic) bond motifs is 1. The molecule has 4 aromatic rings. The van der Waals surface area contributed by atoms with Gasteiger partial charge in [-0.1, -0.05) is 12.1 Å². The molecule has 0 fully saturated rings. The van der Waals surface area contributed by atoms with Gasteiger partial charge in [-0.25, -0.2) is 9.98 Å². The normalized spacial score (nSPS) is 11.6. The first-order valence-electron chi connectivity index (χ1n) is 7.63. The average Bonchev–Trinajstić information content (AvgIpc) is 3.29. The smallest absolute Gasteiger partial charge is 0.273 e. The minimum absolute atomic E-state index is 0.00476. The summed E-state index contributed by atoms with van der Waals surface area (Å²) in [5, 5.41) is 18.6. The minimum Gasteiger partial charge on any atom is -0.506 e. The summed E-state index contributed by atoms with van der Waals surface area (Å²) in [6.07, 6.45) is 2.93. The van der Waals surface area contributed by atoms with Crippen molar-refractivity contribution < 1.29 is 5.11 Å². The highest BCUT2D eigenvalue weighted by molar-refractivity contribution is 7.13. The van der Waals surface area contributed by atoms with Crippen LogP contribution >= 0.6 is 11.3 Å². The van der Waals surface area contributed by atoms with Gasteiger partial charge in [0.15, 0.2) is 0 Å². The molecule has 0 aliphatic heterocycles. The number of aromatic amines is 2. The molecule has 3 aromatic heterocycles. The molecule has 0 saturated carbocycles. The molecular weight excluding hydrogens is 354 g/mol. The maximum atomic E-state index is 12.8. The molecule has 0 bridgehead atoms. The molecule has 130 valence electrons. The van der Waals surface area contributed by atoms with E-state index in [-0.39, 0.29) is 22.6 Å². The molecule has 0 unspecified atom stereocenters. The summed E-state index contributed by atoms with van der Waals surface area (Å²) in [4.78, 5) is 33.1. The van der Waals surface area contributed by atoms with E-state index in [1.165, 1.54) is 22.1 Å². The molecule has 9 heteroatoms. The highest BCUT2D eigenvalue weighted by Gasteiger charge is 2.21. The second kappa shape index (κ2) is 6.12. The average molecular weight is 367 g/mol. The summed E-state index contributed by atoms with van der Waals surface area (Å²) < 4.78 is 1.43. The first-order chi connectivity index (χ1) is 12.6. The Hall–Kier alpha value is -3.46. The van der Waals surface area contributed by atoms with Gasteiger partial charge < -0.3 is 9.67 Å². The van der Waals surface area contributed by atoms with Crippen LogP contribution in [0.3, 0.4) is 0 Å². The number of pyridine rings is 1. The monoisotopic (exact) mass is 367 g/mol. The Kier molecular flexibility index (Phi) is 3.77. The number of aromatic hydroxyl groups is 1. The number of aliphatic imine (C=N–C) groups is 1. The Morgan fingerprint density at radius 3 is 2.85 bits per heavy atom. The molecule has 3 N–H and O–H groups in total. The fourth-order valence-corrected chi connectivity index (χ4v) is 3.27. The van der Waals surface area contributed by atoms with Crippen molar-refractivity contribution in [2.75, 3.05) is 0 Å². The van der Waals surface area contributed by atoms with E-state index in [0.717, 1.165) is 0 Å². The maximum absolute atomic E-state index is 12.8. The summed E-state index contributed by atoms with van der Waals surface area (Å²) in [6, 6.07) is 7.00. The maximum Gasteiger partial charge on any atom is 0.273 e. The molecule has 0 spiro atoms. The van der Waals surface area contributed by atoms with Crippen LogP contribution in [0.15, 0.2) is 50.4 Å². The van der Waals surface area contributed by atoms with Crippen LogP contribution < -0.4 is 11.1 Å². The lowest BCUT2D eigenvalue weighted by Crippen LogP contribution is -2.20. The Morgan fingerprint density at radius 2 is 2.08 bits per heavy atom. The van der Waals surface area contributed by atoms with Crippen molar-refractivity contribution in [1.82, 2.24) is 19.7 Å². The van der Waals surface area contributed by atoms with Crippen LogP contribution in [0.2, 0.25) is 0 Å². The molecule has 0 saturated heterocycles. The molecule has 8 nitrogen and oxygen atoms in total. The number of nitrogens with one attached hydrogen (secondary N) is 2. The molecular formula is C17H13N5O3S. The topological polar surface area (TPSA) is 116 Å². The largest absolute Gasteiger partial charge is 0.506 e. The zero-order valence-electron chi connectivity index (χ0n) is 13.6. The second-order valence-electron chi connectivity index (χ2n) is 5.55. The fraction of sp³-hybridized carbons (Fsp3) is 0.0588. The molecule has 0 amide bonds. The highest BCUT2D eigenvalue weighted by atomic mass is 32.1. The number of H-pyrrole nitrogens is 2. The molecule has 4 rings (SSSR count). The highest BCUT2D eigenvalue weighted by Crippen LogP contribution is 2.32. The summed E-state index contributed by atoms with van der Waals surface area (Å²) >= 11 is 1.32. The summed E-state index contributed by atoms with van der Waals surface area (Å²) in [6.45, 7) is 0. The van der Waals surface area contributed by atoms with Crippen molar-refractivity contribution in [2.45, 2.75) is 0 Å². The minimum atomic E-state index is -0.449. The van der Waals surface area contributed by atoms with Crippen molar-refractivity contribution in [3.05, 3.63) is 62.1 Å². The van der Waals surface area contributed by atoms with Crippen LogP contribution in [0, 0.1) is 0 Å². The van der Waals surface area contributed by atoms with Gasteiger partial charge in [0.25, 0.3) is 11.1 Å². The number of nitrogens with zero attached hydrogens (tertiary/aromatic N) is 3. The lowest BCUT2D eigenvalue weighted by Gasteiger charge is -2.11. The van der Waals surface area contributed by atoms with E-state index >= 15 is 0 Å². The number of aryl methyl sites for hydroxylation is 1. The number of thiazole rings is 1. The van der Waals surface area contributed by atoms with Crippen molar-refractivity contribution >= 4 is 33.6 Å². The first kappa shape index (κ1) is 16.0. The van der Waals surface area contributed by atoms with Crippen LogP contribution in [0.5, 0.6) is 5.75 Å². The van der Waals surface area contributed by atoms with Crippen molar-refractivity contribution in [3.8, 4) is 17.0 Å².